The van der Waals surface area contributed by atoms with Gasteiger partial charge < -0.3 is 15.6 Å². The Hall–Kier alpha value is -1.06. The van der Waals surface area contributed by atoms with Gasteiger partial charge in [-0.1, -0.05) is 31.4 Å². The van der Waals surface area contributed by atoms with Crippen molar-refractivity contribution in [3.05, 3.63) is 29.8 Å². The van der Waals surface area contributed by atoms with Crippen molar-refractivity contribution in [1.82, 2.24) is 0 Å². The third-order valence-corrected chi connectivity index (χ3v) is 4.03. The number of hydrogen-bond acceptors (Lipinski definition) is 3. The zero-order chi connectivity index (χ0) is 12.8. The zero-order valence-corrected chi connectivity index (χ0v) is 10.9. The van der Waals surface area contributed by atoms with Crippen LogP contribution in [0.2, 0.25) is 0 Å². The van der Waals surface area contributed by atoms with Crippen LogP contribution < -0.4 is 10.5 Å². The van der Waals surface area contributed by atoms with Crippen LogP contribution in [0.25, 0.3) is 0 Å². The Balaban J connectivity index is 2.11. The Labute approximate surface area is 109 Å². The average molecular weight is 249 g/mol. The molecule has 3 heteroatoms. The van der Waals surface area contributed by atoms with Crippen molar-refractivity contribution < 1.29 is 9.84 Å². The summed E-state index contributed by atoms with van der Waals surface area (Å²) in [5.74, 6) is 0.816. The van der Waals surface area contributed by atoms with Crippen LogP contribution in [-0.2, 0) is 5.41 Å². The second-order valence-electron chi connectivity index (χ2n) is 5.14. The van der Waals surface area contributed by atoms with E-state index < -0.39 is 0 Å². The minimum absolute atomic E-state index is 0.0501. The molecule has 0 saturated heterocycles. The first-order valence-corrected chi connectivity index (χ1v) is 6.85. The molecule has 0 bridgehead atoms. The normalized spacial score (nSPS) is 18.6. The quantitative estimate of drug-likeness (QED) is 0.841. The summed E-state index contributed by atoms with van der Waals surface area (Å²) in [6, 6.07) is 8.23. The van der Waals surface area contributed by atoms with E-state index >= 15 is 0 Å². The lowest BCUT2D eigenvalue weighted by atomic mass is 9.69. The van der Waals surface area contributed by atoms with Gasteiger partial charge in [-0.3, -0.25) is 0 Å². The summed E-state index contributed by atoms with van der Waals surface area (Å²) in [5.41, 5.74) is 7.53. The van der Waals surface area contributed by atoms with Gasteiger partial charge in [-0.25, -0.2) is 0 Å². The van der Waals surface area contributed by atoms with Gasteiger partial charge in [-0.2, -0.15) is 0 Å². The van der Waals surface area contributed by atoms with E-state index in [1.807, 2.05) is 12.1 Å². The first-order valence-electron chi connectivity index (χ1n) is 6.85. The molecule has 1 saturated carbocycles. The van der Waals surface area contributed by atoms with Gasteiger partial charge in [0.2, 0.25) is 0 Å². The van der Waals surface area contributed by atoms with Crippen molar-refractivity contribution in [3.63, 3.8) is 0 Å². The molecule has 2 rings (SSSR count). The Kier molecular flexibility index (Phi) is 4.61. The number of nitrogens with two attached hydrogens (primary N) is 1. The maximum atomic E-state index is 8.72. The average Bonchev–Trinajstić information content (AvgIpc) is 2.46. The van der Waals surface area contributed by atoms with Crippen LogP contribution in [-0.4, -0.2) is 24.9 Å². The van der Waals surface area contributed by atoms with Crippen LogP contribution in [0.3, 0.4) is 0 Å². The van der Waals surface area contributed by atoms with Crippen molar-refractivity contribution in [3.8, 4) is 5.75 Å². The number of rotatable bonds is 5. The lowest BCUT2D eigenvalue weighted by Gasteiger charge is -2.36. The summed E-state index contributed by atoms with van der Waals surface area (Å²) in [7, 11) is 0. The molecule has 0 heterocycles. The summed E-state index contributed by atoms with van der Waals surface area (Å²) in [6.45, 7) is 1.12. The molecule has 0 unspecified atom stereocenters. The van der Waals surface area contributed by atoms with Crippen molar-refractivity contribution in [2.24, 2.45) is 5.73 Å². The van der Waals surface area contributed by atoms with E-state index in [4.69, 9.17) is 15.6 Å². The first-order chi connectivity index (χ1) is 8.80. The van der Waals surface area contributed by atoms with Crippen LogP contribution in [0.15, 0.2) is 24.3 Å². The number of benzene rings is 1. The van der Waals surface area contributed by atoms with E-state index in [1.54, 1.807) is 0 Å². The fourth-order valence-electron chi connectivity index (χ4n) is 2.91. The molecule has 0 atom stereocenters. The molecule has 0 spiro atoms. The summed E-state index contributed by atoms with van der Waals surface area (Å²) in [5, 5.41) is 8.72. The van der Waals surface area contributed by atoms with E-state index in [0.717, 1.165) is 12.3 Å². The predicted molar refractivity (Wildman–Crippen MR) is 72.8 cm³/mol. The third kappa shape index (κ3) is 2.85. The minimum atomic E-state index is 0.0501. The smallest absolute Gasteiger partial charge is 0.119 e. The van der Waals surface area contributed by atoms with Crippen LogP contribution >= 0.6 is 0 Å². The first kappa shape index (κ1) is 13.4. The standard InChI is InChI=1S/C15H23NO2/c16-12-15(8-2-1-3-9-15)13-4-6-14(7-5-13)18-11-10-17/h4-7,17H,1-3,8-12,16H2. The highest BCUT2D eigenvalue weighted by atomic mass is 16.5. The van der Waals surface area contributed by atoms with E-state index in [-0.39, 0.29) is 12.0 Å². The van der Waals surface area contributed by atoms with E-state index in [1.165, 1.54) is 37.7 Å². The molecule has 0 aliphatic heterocycles. The Morgan fingerprint density at radius 3 is 2.33 bits per heavy atom. The van der Waals surface area contributed by atoms with Gasteiger partial charge in [-0.15, -0.1) is 0 Å². The van der Waals surface area contributed by atoms with E-state index in [0.29, 0.717) is 6.61 Å². The SMILES string of the molecule is NCC1(c2ccc(OCCO)cc2)CCCCC1. The van der Waals surface area contributed by atoms with E-state index in [9.17, 15) is 0 Å². The molecule has 18 heavy (non-hydrogen) atoms. The van der Waals surface area contributed by atoms with Gasteiger partial charge in [0.25, 0.3) is 0 Å². The molecule has 1 aromatic carbocycles. The topological polar surface area (TPSA) is 55.5 Å². The van der Waals surface area contributed by atoms with Crippen LogP contribution in [0.1, 0.15) is 37.7 Å². The lowest BCUT2D eigenvalue weighted by molar-refractivity contribution is 0.201. The summed E-state index contributed by atoms with van der Waals surface area (Å²) in [4.78, 5) is 0. The zero-order valence-electron chi connectivity index (χ0n) is 10.9. The Morgan fingerprint density at radius 2 is 1.78 bits per heavy atom. The van der Waals surface area contributed by atoms with Crippen molar-refractivity contribution in [2.45, 2.75) is 37.5 Å². The molecule has 1 aliphatic rings. The molecule has 0 radical (unpaired) electrons. The molecule has 1 fully saturated rings. The summed E-state index contributed by atoms with van der Waals surface area (Å²) in [6.07, 6.45) is 6.28. The molecule has 1 aromatic rings. The highest BCUT2D eigenvalue weighted by Gasteiger charge is 2.32. The Bertz CT molecular complexity index is 355. The van der Waals surface area contributed by atoms with Gasteiger partial charge in [0.05, 0.1) is 6.61 Å². The highest BCUT2D eigenvalue weighted by Crippen LogP contribution is 2.39. The number of aliphatic hydroxyl groups is 1. The minimum Gasteiger partial charge on any atom is -0.491 e. The molecule has 100 valence electrons. The molecule has 0 aromatic heterocycles. The second kappa shape index (κ2) is 6.21. The maximum Gasteiger partial charge on any atom is 0.119 e. The predicted octanol–water partition coefficient (Wildman–Crippen LogP) is 2.22. The number of aliphatic hydroxyl groups excluding tert-OH is 1. The molecular weight excluding hydrogens is 226 g/mol. The lowest BCUT2D eigenvalue weighted by Crippen LogP contribution is -2.37. The highest BCUT2D eigenvalue weighted by molar-refractivity contribution is 5.33. The third-order valence-electron chi connectivity index (χ3n) is 4.03. The van der Waals surface area contributed by atoms with Crippen LogP contribution in [0, 0.1) is 0 Å². The fourth-order valence-corrected chi connectivity index (χ4v) is 2.91. The summed E-state index contributed by atoms with van der Waals surface area (Å²) >= 11 is 0. The Morgan fingerprint density at radius 1 is 1.11 bits per heavy atom. The van der Waals surface area contributed by atoms with Crippen LogP contribution in [0.4, 0.5) is 0 Å². The van der Waals surface area contributed by atoms with Crippen LogP contribution in [0.5, 0.6) is 5.75 Å². The summed E-state index contributed by atoms with van der Waals surface area (Å²) < 4.78 is 5.38. The van der Waals surface area contributed by atoms with Crippen molar-refractivity contribution >= 4 is 0 Å². The van der Waals surface area contributed by atoms with Gasteiger partial charge >= 0.3 is 0 Å². The number of ether oxygens (including phenoxy) is 1. The number of hydrogen-bond donors (Lipinski definition) is 2. The molecule has 0 amide bonds. The molecule has 3 N–H and O–H groups in total. The fraction of sp³-hybridized carbons (Fsp3) is 0.600. The van der Waals surface area contributed by atoms with Gasteiger partial charge in [0, 0.05) is 12.0 Å². The molecule has 1 aliphatic carbocycles. The van der Waals surface area contributed by atoms with Crippen molar-refractivity contribution in [1.29, 1.82) is 0 Å². The monoisotopic (exact) mass is 249 g/mol. The van der Waals surface area contributed by atoms with Gasteiger partial charge in [0.1, 0.15) is 12.4 Å². The maximum absolute atomic E-state index is 8.72. The van der Waals surface area contributed by atoms with E-state index in [2.05, 4.69) is 12.1 Å². The molecule has 3 nitrogen and oxygen atoms in total. The largest absolute Gasteiger partial charge is 0.491 e. The molecular formula is C15H23NO2. The van der Waals surface area contributed by atoms with Crippen molar-refractivity contribution in [2.75, 3.05) is 19.8 Å². The second-order valence-corrected chi connectivity index (χ2v) is 5.14. The van der Waals surface area contributed by atoms with Gasteiger partial charge in [0.15, 0.2) is 0 Å². The van der Waals surface area contributed by atoms with Gasteiger partial charge in [-0.05, 0) is 30.5 Å².